The maximum atomic E-state index is 11.5. The highest BCUT2D eigenvalue weighted by Gasteiger charge is 2.45. The lowest BCUT2D eigenvalue weighted by Gasteiger charge is -2.14. The van der Waals surface area contributed by atoms with Crippen molar-refractivity contribution < 1.29 is 23.1 Å². The van der Waals surface area contributed by atoms with Crippen molar-refractivity contribution in [2.24, 2.45) is 0 Å². The number of hydrogen-bond acceptors (Lipinski definition) is 5. The molecular weight excluding hydrogens is 234 g/mol. The Balaban J connectivity index is 2.32. The fourth-order valence-electron chi connectivity index (χ4n) is 1.33. The highest BCUT2D eigenvalue weighted by atomic mass is 32.2. The number of methoxy groups -OCH3 is 1. The van der Waals surface area contributed by atoms with Gasteiger partial charge in [-0.3, -0.25) is 4.79 Å². The molecule has 0 heterocycles. The van der Waals surface area contributed by atoms with Crippen molar-refractivity contribution in [1.82, 2.24) is 4.72 Å². The third kappa shape index (κ3) is 4.07. The number of carbonyl (C=O) groups is 1. The zero-order chi connectivity index (χ0) is 12.2. The van der Waals surface area contributed by atoms with Crippen LogP contribution < -0.4 is 4.72 Å². The van der Waals surface area contributed by atoms with Gasteiger partial charge in [-0.25, -0.2) is 13.1 Å². The highest BCUT2D eigenvalue weighted by molar-refractivity contribution is 7.89. The first-order valence-corrected chi connectivity index (χ1v) is 6.78. The Bertz CT molecular complexity index is 347. The van der Waals surface area contributed by atoms with Gasteiger partial charge in [0.25, 0.3) is 0 Å². The maximum Gasteiger partial charge on any atom is 0.305 e. The van der Waals surface area contributed by atoms with E-state index in [0.717, 1.165) is 0 Å². The molecule has 1 fully saturated rings. The third-order valence-corrected chi connectivity index (χ3v) is 4.12. The Morgan fingerprint density at radius 3 is 2.56 bits per heavy atom. The van der Waals surface area contributed by atoms with E-state index >= 15 is 0 Å². The summed E-state index contributed by atoms with van der Waals surface area (Å²) in [6.07, 6.45) is 1.65. The SMILES string of the molecule is COC(=O)CCCS(=O)(=O)NC1(CO)CC1. The van der Waals surface area contributed by atoms with E-state index in [2.05, 4.69) is 9.46 Å². The summed E-state index contributed by atoms with van der Waals surface area (Å²) in [6.45, 7) is -0.177. The molecular formula is C9H17NO5S. The van der Waals surface area contributed by atoms with Crippen molar-refractivity contribution >= 4 is 16.0 Å². The lowest BCUT2D eigenvalue weighted by molar-refractivity contribution is -0.140. The molecule has 1 aliphatic rings. The molecule has 0 aliphatic heterocycles. The molecule has 16 heavy (non-hydrogen) atoms. The molecule has 1 aliphatic carbocycles. The maximum absolute atomic E-state index is 11.5. The monoisotopic (exact) mass is 251 g/mol. The molecule has 1 rings (SSSR count). The van der Waals surface area contributed by atoms with E-state index in [1.807, 2.05) is 0 Å². The molecule has 0 amide bonds. The van der Waals surface area contributed by atoms with Gasteiger partial charge in [0.05, 0.1) is 25.0 Å². The van der Waals surface area contributed by atoms with Crippen LogP contribution in [0.3, 0.4) is 0 Å². The Kier molecular flexibility index (Phi) is 4.28. The van der Waals surface area contributed by atoms with Crippen molar-refractivity contribution in [1.29, 1.82) is 0 Å². The fraction of sp³-hybridized carbons (Fsp3) is 0.889. The van der Waals surface area contributed by atoms with Gasteiger partial charge in [-0.2, -0.15) is 0 Å². The largest absolute Gasteiger partial charge is 0.469 e. The number of hydrogen-bond donors (Lipinski definition) is 2. The van der Waals surface area contributed by atoms with Crippen LogP contribution in [-0.2, 0) is 19.6 Å². The van der Waals surface area contributed by atoms with Crippen LogP contribution in [0.4, 0.5) is 0 Å². The quantitative estimate of drug-likeness (QED) is 0.588. The van der Waals surface area contributed by atoms with Gasteiger partial charge >= 0.3 is 5.97 Å². The minimum Gasteiger partial charge on any atom is -0.469 e. The first-order chi connectivity index (χ1) is 7.43. The second-order valence-electron chi connectivity index (χ2n) is 4.04. The number of ether oxygens (including phenoxy) is 1. The topological polar surface area (TPSA) is 92.7 Å². The molecule has 7 heteroatoms. The van der Waals surface area contributed by atoms with E-state index < -0.39 is 21.5 Å². The average Bonchev–Trinajstić information content (AvgIpc) is 2.97. The van der Waals surface area contributed by atoms with Gasteiger partial charge in [0.1, 0.15) is 0 Å². The summed E-state index contributed by atoms with van der Waals surface area (Å²) in [5.74, 6) is -0.539. The third-order valence-electron chi connectivity index (χ3n) is 2.55. The van der Waals surface area contributed by atoms with Gasteiger partial charge in [-0.05, 0) is 19.3 Å². The second kappa shape index (κ2) is 5.11. The summed E-state index contributed by atoms with van der Waals surface area (Å²) in [5, 5.41) is 8.97. The average molecular weight is 251 g/mol. The van der Waals surface area contributed by atoms with Crippen molar-refractivity contribution in [3.8, 4) is 0 Å². The van der Waals surface area contributed by atoms with Crippen LogP contribution in [0.15, 0.2) is 0 Å². The van der Waals surface area contributed by atoms with E-state index in [-0.39, 0.29) is 25.2 Å². The summed E-state index contributed by atoms with van der Waals surface area (Å²) in [4.78, 5) is 10.8. The predicted molar refractivity (Wildman–Crippen MR) is 57.2 cm³/mol. The van der Waals surface area contributed by atoms with Crippen LogP contribution in [0.1, 0.15) is 25.7 Å². The molecule has 0 bridgehead atoms. The molecule has 0 saturated heterocycles. The number of sulfonamides is 1. The molecule has 1 saturated carbocycles. The van der Waals surface area contributed by atoms with Crippen LogP contribution in [0, 0.1) is 0 Å². The Morgan fingerprint density at radius 2 is 2.12 bits per heavy atom. The summed E-state index contributed by atoms with van der Waals surface area (Å²) >= 11 is 0. The molecule has 0 radical (unpaired) electrons. The number of esters is 1. The van der Waals surface area contributed by atoms with E-state index in [4.69, 9.17) is 5.11 Å². The Labute approximate surface area is 95.0 Å². The van der Waals surface area contributed by atoms with Crippen LogP contribution in [0.2, 0.25) is 0 Å². The second-order valence-corrected chi connectivity index (χ2v) is 5.88. The predicted octanol–water partition coefficient (Wildman–Crippen LogP) is -0.616. The Hall–Kier alpha value is -0.660. The van der Waals surface area contributed by atoms with Gasteiger partial charge < -0.3 is 9.84 Å². The molecule has 0 aromatic carbocycles. The van der Waals surface area contributed by atoms with Crippen LogP contribution in [0.25, 0.3) is 0 Å². The summed E-state index contributed by atoms with van der Waals surface area (Å²) in [6, 6.07) is 0. The van der Waals surface area contributed by atoms with Crippen molar-refractivity contribution in [3.05, 3.63) is 0 Å². The van der Waals surface area contributed by atoms with Crippen LogP contribution in [0.5, 0.6) is 0 Å². The van der Waals surface area contributed by atoms with Gasteiger partial charge in [-0.15, -0.1) is 0 Å². The fourth-order valence-corrected chi connectivity index (χ4v) is 2.89. The lowest BCUT2D eigenvalue weighted by Crippen LogP contribution is -2.40. The number of nitrogens with one attached hydrogen (secondary N) is 1. The summed E-state index contributed by atoms with van der Waals surface area (Å²) in [7, 11) is -2.15. The number of aliphatic hydroxyl groups is 1. The van der Waals surface area contributed by atoms with Gasteiger partial charge in [0.15, 0.2) is 0 Å². The zero-order valence-corrected chi connectivity index (χ0v) is 10.0. The summed E-state index contributed by atoms with van der Waals surface area (Å²) < 4.78 is 29.9. The minimum atomic E-state index is -3.41. The zero-order valence-electron chi connectivity index (χ0n) is 9.23. The van der Waals surface area contributed by atoms with E-state index in [0.29, 0.717) is 12.8 Å². The Morgan fingerprint density at radius 1 is 1.50 bits per heavy atom. The smallest absolute Gasteiger partial charge is 0.305 e. The molecule has 2 N–H and O–H groups in total. The van der Waals surface area contributed by atoms with E-state index in [1.165, 1.54) is 7.11 Å². The molecule has 6 nitrogen and oxygen atoms in total. The first kappa shape index (κ1) is 13.4. The van der Waals surface area contributed by atoms with Crippen LogP contribution >= 0.6 is 0 Å². The molecule has 94 valence electrons. The van der Waals surface area contributed by atoms with Crippen molar-refractivity contribution in [3.63, 3.8) is 0 Å². The van der Waals surface area contributed by atoms with Crippen molar-refractivity contribution in [2.75, 3.05) is 19.5 Å². The lowest BCUT2D eigenvalue weighted by atomic mass is 10.3. The van der Waals surface area contributed by atoms with Crippen molar-refractivity contribution in [2.45, 2.75) is 31.2 Å². The summed E-state index contributed by atoms with van der Waals surface area (Å²) in [5.41, 5.74) is -0.635. The number of rotatable bonds is 7. The van der Waals surface area contributed by atoms with E-state index in [9.17, 15) is 13.2 Å². The van der Waals surface area contributed by atoms with Gasteiger partial charge in [0.2, 0.25) is 10.0 Å². The first-order valence-electron chi connectivity index (χ1n) is 5.12. The van der Waals surface area contributed by atoms with E-state index in [1.54, 1.807) is 0 Å². The van der Waals surface area contributed by atoms with Crippen LogP contribution in [-0.4, -0.2) is 44.5 Å². The molecule has 0 aromatic rings. The molecule has 0 atom stereocenters. The molecule has 0 spiro atoms. The number of aliphatic hydroxyl groups excluding tert-OH is 1. The molecule has 0 unspecified atom stereocenters. The standard InChI is InChI=1S/C9H17NO5S/c1-15-8(12)3-2-6-16(13,14)10-9(7-11)4-5-9/h10-11H,2-7H2,1H3. The number of carbonyl (C=O) groups excluding carboxylic acids is 1. The minimum absolute atomic E-state index is 0.0868. The highest BCUT2D eigenvalue weighted by Crippen LogP contribution is 2.35. The normalized spacial score (nSPS) is 18.1. The van der Waals surface area contributed by atoms with Gasteiger partial charge in [-0.1, -0.05) is 0 Å². The van der Waals surface area contributed by atoms with Gasteiger partial charge in [0, 0.05) is 6.42 Å². The molecule has 0 aromatic heterocycles.